The molecule has 1 saturated heterocycles. The fraction of sp³-hybridized carbons (Fsp3) is 1.00. The van der Waals surface area contributed by atoms with Gasteiger partial charge in [-0.1, -0.05) is 13.8 Å². The molecule has 2 aliphatic rings. The highest BCUT2D eigenvalue weighted by atomic mass is 32.2. The molecule has 3 unspecified atom stereocenters. The third-order valence-electron chi connectivity index (χ3n) is 4.24. The van der Waals surface area contributed by atoms with Gasteiger partial charge < -0.3 is 5.32 Å². The van der Waals surface area contributed by atoms with E-state index in [1.165, 1.54) is 44.4 Å². The van der Waals surface area contributed by atoms with Gasteiger partial charge in [0.25, 0.3) is 0 Å². The highest BCUT2D eigenvalue weighted by molar-refractivity contribution is 8.00. The molecule has 3 atom stereocenters. The Morgan fingerprint density at radius 2 is 1.88 bits per heavy atom. The van der Waals surface area contributed by atoms with Gasteiger partial charge in [-0.05, 0) is 56.6 Å². The Morgan fingerprint density at radius 1 is 1.19 bits per heavy atom. The van der Waals surface area contributed by atoms with Gasteiger partial charge in [0.05, 0.1) is 0 Å². The second-order valence-electron chi connectivity index (χ2n) is 6.40. The zero-order valence-corrected chi connectivity index (χ0v) is 11.9. The molecular formula is C14H27NS. The predicted molar refractivity (Wildman–Crippen MR) is 74.1 cm³/mol. The second-order valence-corrected chi connectivity index (χ2v) is 8.08. The minimum atomic E-state index is 0.532. The largest absolute Gasteiger partial charge is 0.313 e. The van der Waals surface area contributed by atoms with E-state index >= 15 is 0 Å². The van der Waals surface area contributed by atoms with Crippen LogP contribution in [0.1, 0.15) is 52.9 Å². The summed E-state index contributed by atoms with van der Waals surface area (Å²) in [5.74, 6) is 3.21. The van der Waals surface area contributed by atoms with Gasteiger partial charge in [0, 0.05) is 17.3 Å². The summed E-state index contributed by atoms with van der Waals surface area (Å²) in [4.78, 5) is 0. The number of nitrogens with one attached hydrogen (secondary N) is 1. The normalized spacial score (nSPS) is 44.8. The summed E-state index contributed by atoms with van der Waals surface area (Å²) in [5.41, 5.74) is 0. The first-order valence-corrected chi connectivity index (χ1v) is 7.93. The lowest BCUT2D eigenvalue weighted by Crippen LogP contribution is -2.42. The van der Waals surface area contributed by atoms with E-state index in [9.17, 15) is 0 Å². The third kappa shape index (κ3) is 3.40. The van der Waals surface area contributed by atoms with Crippen molar-refractivity contribution in [3.8, 4) is 0 Å². The molecule has 1 aliphatic carbocycles. The molecule has 1 saturated carbocycles. The minimum absolute atomic E-state index is 0.532. The van der Waals surface area contributed by atoms with Crippen LogP contribution in [-0.4, -0.2) is 23.1 Å². The van der Waals surface area contributed by atoms with Crippen molar-refractivity contribution in [2.75, 3.05) is 12.3 Å². The molecule has 0 amide bonds. The van der Waals surface area contributed by atoms with Gasteiger partial charge in [0.2, 0.25) is 0 Å². The maximum Gasteiger partial charge on any atom is 0.0256 e. The molecule has 0 spiro atoms. The third-order valence-corrected chi connectivity index (χ3v) is 5.78. The van der Waals surface area contributed by atoms with Gasteiger partial charge in [-0.3, -0.25) is 0 Å². The monoisotopic (exact) mass is 241 g/mol. The highest BCUT2D eigenvalue weighted by Gasteiger charge is 2.31. The second kappa shape index (κ2) is 5.30. The zero-order chi connectivity index (χ0) is 11.6. The van der Waals surface area contributed by atoms with Crippen LogP contribution in [0.3, 0.4) is 0 Å². The van der Waals surface area contributed by atoms with Gasteiger partial charge in [-0.2, -0.15) is 11.8 Å². The van der Waals surface area contributed by atoms with Crippen molar-refractivity contribution in [3.05, 3.63) is 0 Å². The molecule has 0 aromatic carbocycles. The van der Waals surface area contributed by atoms with Crippen molar-refractivity contribution in [3.63, 3.8) is 0 Å². The van der Waals surface area contributed by atoms with Crippen LogP contribution in [0.25, 0.3) is 0 Å². The molecule has 1 heterocycles. The highest BCUT2D eigenvalue weighted by Crippen LogP contribution is 2.37. The summed E-state index contributed by atoms with van der Waals surface area (Å²) in [7, 11) is 0. The van der Waals surface area contributed by atoms with E-state index in [0.717, 1.165) is 17.9 Å². The van der Waals surface area contributed by atoms with Crippen LogP contribution < -0.4 is 5.32 Å². The Labute approximate surface area is 105 Å². The molecule has 1 N–H and O–H groups in total. The number of hydrogen-bond donors (Lipinski definition) is 1. The molecule has 0 aromatic rings. The first kappa shape index (κ1) is 12.8. The number of rotatable bonds is 3. The lowest BCUT2D eigenvalue weighted by molar-refractivity contribution is 0.235. The molecule has 94 valence electrons. The topological polar surface area (TPSA) is 12.0 Å². The van der Waals surface area contributed by atoms with Crippen molar-refractivity contribution < 1.29 is 0 Å². The molecule has 2 rings (SSSR count). The van der Waals surface area contributed by atoms with Crippen molar-refractivity contribution in [1.82, 2.24) is 5.32 Å². The first-order chi connectivity index (χ1) is 7.57. The summed E-state index contributed by atoms with van der Waals surface area (Å²) in [6.07, 6.45) is 7.04. The fourth-order valence-corrected chi connectivity index (χ4v) is 4.71. The Balaban J connectivity index is 1.76. The van der Waals surface area contributed by atoms with Crippen molar-refractivity contribution in [2.24, 2.45) is 11.8 Å². The van der Waals surface area contributed by atoms with Crippen LogP contribution in [-0.2, 0) is 0 Å². The molecule has 2 heteroatoms. The average molecular weight is 241 g/mol. The van der Waals surface area contributed by atoms with Crippen molar-refractivity contribution in [1.29, 1.82) is 0 Å². The van der Waals surface area contributed by atoms with Gasteiger partial charge >= 0.3 is 0 Å². The molecule has 0 bridgehead atoms. The zero-order valence-electron chi connectivity index (χ0n) is 11.1. The fourth-order valence-electron chi connectivity index (χ4n) is 3.45. The van der Waals surface area contributed by atoms with E-state index in [2.05, 4.69) is 37.8 Å². The molecule has 0 radical (unpaired) electrons. The predicted octanol–water partition coefficient (Wildman–Crippen LogP) is 3.69. The summed E-state index contributed by atoms with van der Waals surface area (Å²) in [6, 6.07) is 0.789. The summed E-state index contributed by atoms with van der Waals surface area (Å²) < 4.78 is 0.532. The minimum Gasteiger partial charge on any atom is -0.313 e. The van der Waals surface area contributed by atoms with Crippen LogP contribution in [0.2, 0.25) is 0 Å². The quantitative estimate of drug-likeness (QED) is 0.809. The smallest absolute Gasteiger partial charge is 0.0256 e. The SMILES string of the molecule is CC1CC(C)CC(NCC2(C)CCCS2)C1. The van der Waals surface area contributed by atoms with Gasteiger partial charge in [-0.15, -0.1) is 0 Å². The molecular weight excluding hydrogens is 214 g/mol. The summed E-state index contributed by atoms with van der Waals surface area (Å²) >= 11 is 2.17. The van der Waals surface area contributed by atoms with Gasteiger partial charge in [0.1, 0.15) is 0 Å². The maximum atomic E-state index is 3.84. The maximum absolute atomic E-state index is 3.84. The Hall–Kier alpha value is 0.310. The molecule has 16 heavy (non-hydrogen) atoms. The van der Waals surface area contributed by atoms with Crippen LogP contribution in [0, 0.1) is 11.8 Å². The van der Waals surface area contributed by atoms with Crippen LogP contribution in [0.15, 0.2) is 0 Å². The molecule has 0 aromatic heterocycles. The molecule has 2 fully saturated rings. The lowest BCUT2D eigenvalue weighted by atomic mass is 9.80. The van der Waals surface area contributed by atoms with E-state index in [4.69, 9.17) is 0 Å². The summed E-state index contributed by atoms with van der Waals surface area (Å²) in [6.45, 7) is 8.49. The summed E-state index contributed by atoms with van der Waals surface area (Å²) in [5, 5.41) is 3.84. The van der Waals surface area contributed by atoms with Gasteiger partial charge in [-0.25, -0.2) is 0 Å². The van der Waals surface area contributed by atoms with Gasteiger partial charge in [0.15, 0.2) is 0 Å². The van der Waals surface area contributed by atoms with E-state index in [0.29, 0.717) is 4.75 Å². The van der Waals surface area contributed by atoms with E-state index < -0.39 is 0 Å². The molecule has 1 aliphatic heterocycles. The van der Waals surface area contributed by atoms with Crippen LogP contribution >= 0.6 is 11.8 Å². The standard InChI is InChI=1S/C14H27NS/c1-11-7-12(2)9-13(8-11)15-10-14(3)5-4-6-16-14/h11-13,15H,4-10H2,1-3H3. The Morgan fingerprint density at radius 3 is 2.44 bits per heavy atom. The first-order valence-electron chi connectivity index (χ1n) is 6.95. The van der Waals surface area contributed by atoms with Crippen molar-refractivity contribution >= 4 is 11.8 Å². The van der Waals surface area contributed by atoms with E-state index in [-0.39, 0.29) is 0 Å². The number of thioether (sulfide) groups is 1. The lowest BCUT2D eigenvalue weighted by Gasteiger charge is -2.34. The average Bonchev–Trinajstić information content (AvgIpc) is 2.62. The van der Waals surface area contributed by atoms with Crippen LogP contribution in [0.5, 0.6) is 0 Å². The van der Waals surface area contributed by atoms with E-state index in [1.54, 1.807) is 0 Å². The number of hydrogen-bond acceptors (Lipinski definition) is 2. The Kier molecular flexibility index (Phi) is 4.23. The molecule has 1 nitrogen and oxygen atoms in total. The van der Waals surface area contributed by atoms with Crippen LogP contribution in [0.4, 0.5) is 0 Å². The van der Waals surface area contributed by atoms with E-state index in [1.807, 2.05) is 0 Å². The Bertz CT molecular complexity index is 213. The van der Waals surface area contributed by atoms with Crippen molar-refractivity contribution in [2.45, 2.75) is 63.7 Å².